The molecule has 0 amide bonds. The second kappa shape index (κ2) is 4.81. The van der Waals surface area contributed by atoms with E-state index in [-0.39, 0.29) is 11.4 Å². The highest BCUT2D eigenvalue weighted by Gasteiger charge is 2.25. The van der Waals surface area contributed by atoms with Crippen LogP contribution in [-0.2, 0) is 0 Å². The van der Waals surface area contributed by atoms with Crippen molar-refractivity contribution in [3.63, 3.8) is 0 Å². The lowest BCUT2D eigenvalue weighted by Crippen LogP contribution is -1.95. The number of nitro groups is 2. The third kappa shape index (κ3) is 2.10. The number of benzene rings is 2. The first kappa shape index (κ1) is 13.5. The van der Waals surface area contributed by atoms with E-state index in [1.165, 1.54) is 0 Å². The Kier molecular flexibility index (Phi) is 2.95. The predicted octanol–water partition coefficient (Wildman–Crippen LogP) is 2.75. The van der Waals surface area contributed by atoms with Gasteiger partial charge in [-0.05, 0) is 12.1 Å². The van der Waals surface area contributed by atoms with Crippen molar-refractivity contribution in [2.45, 2.75) is 0 Å². The van der Waals surface area contributed by atoms with Gasteiger partial charge in [0.2, 0.25) is 5.75 Å². The Balaban J connectivity index is 2.28. The van der Waals surface area contributed by atoms with Crippen LogP contribution < -0.4 is 0 Å². The summed E-state index contributed by atoms with van der Waals surface area (Å²) in [6.07, 6.45) is 0. The Hall–Kier alpha value is -3.49. The Morgan fingerprint density at radius 2 is 1.82 bits per heavy atom. The van der Waals surface area contributed by atoms with Crippen LogP contribution >= 0.6 is 0 Å². The molecule has 0 aliphatic heterocycles. The molecule has 0 saturated heterocycles. The normalized spacial score (nSPS) is 10.7. The number of rotatable bonds is 3. The first-order valence-electron chi connectivity index (χ1n) is 6.08. The predicted molar refractivity (Wildman–Crippen MR) is 76.5 cm³/mol. The van der Waals surface area contributed by atoms with E-state index < -0.39 is 27.0 Å². The summed E-state index contributed by atoms with van der Waals surface area (Å²) in [5, 5.41) is 31.9. The van der Waals surface area contributed by atoms with E-state index in [9.17, 15) is 25.3 Å². The number of phenols is 1. The fourth-order valence-electron chi connectivity index (χ4n) is 2.11. The van der Waals surface area contributed by atoms with Gasteiger partial charge < -0.3 is 10.1 Å². The molecule has 2 N–H and O–H groups in total. The molecular formula is C13H8N4O5. The van der Waals surface area contributed by atoms with E-state index in [2.05, 4.69) is 9.97 Å². The minimum absolute atomic E-state index is 0.0999. The maximum atomic E-state index is 10.9. The molecule has 9 nitrogen and oxygen atoms in total. The van der Waals surface area contributed by atoms with Gasteiger partial charge in [-0.2, -0.15) is 0 Å². The highest BCUT2D eigenvalue weighted by molar-refractivity contribution is 5.82. The van der Waals surface area contributed by atoms with Crippen LogP contribution in [0.4, 0.5) is 11.4 Å². The number of hydrogen-bond acceptors (Lipinski definition) is 6. The standard InChI is InChI=1S/C13H8N4O5/c18-12-8(5-7(16(19)20)6-11(12)17(21)22)13-14-9-3-1-2-4-10(9)15-13/h1-6,18H,(H,14,15). The smallest absolute Gasteiger partial charge is 0.318 e. The molecule has 0 radical (unpaired) electrons. The Morgan fingerprint density at radius 3 is 2.45 bits per heavy atom. The molecule has 110 valence electrons. The molecule has 0 spiro atoms. The lowest BCUT2D eigenvalue weighted by atomic mass is 10.1. The lowest BCUT2D eigenvalue weighted by Gasteiger charge is -2.02. The summed E-state index contributed by atoms with van der Waals surface area (Å²) in [7, 11) is 0. The summed E-state index contributed by atoms with van der Waals surface area (Å²) in [6.45, 7) is 0. The summed E-state index contributed by atoms with van der Waals surface area (Å²) in [4.78, 5) is 27.3. The molecule has 9 heteroatoms. The number of aromatic nitrogens is 2. The third-order valence-corrected chi connectivity index (χ3v) is 3.13. The molecule has 0 atom stereocenters. The summed E-state index contributed by atoms with van der Waals surface area (Å²) < 4.78 is 0. The number of phenolic OH excluding ortho intramolecular Hbond substituents is 1. The van der Waals surface area contributed by atoms with E-state index in [1.54, 1.807) is 24.3 Å². The number of imidazole rings is 1. The molecule has 0 aliphatic carbocycles. The van der Waals surface area contributed by atoms with Gasteiger partial charge in [-0.25, -0.2) is 4.98 Å². The second-order valence-electron chi connectivity index (χ2n) is 4.48. The van der Waals surface area contributed by atoms with Crippen molar-refractivity contribution in [2.24, 2.45) is 0 Å². The molecule has 0 saturated carbocycles. The number of H-pyrrole nitrogens is 1. The van der Waals surface area contributed by atoms with E-state index in [0.717, 1.165) is 6.07 Å². The number of non-ortho nitro benzene ring substituents is 1. The Labute approximate surface area is 122 Å². The summed E-state index contributed by atoms with van der Waals surface area (Å²) in [5.74, 6) is -0.555. The van der Waals surface area contributed by atoms with Crippen molar-refractivity contribution < 1.29 is 15.0 Å². The van der Waals surface area contributed by atoms with Gasteiger partial charge in [-0.3, -0.25) is 20.2 Å². The first-order valence-corrected chi connectivity index (χ1v) is 6.08. The number of para-hydroxylation sites is 2. The molecule has 1 aromatic heterocycles. The summed E-state index contributed by atoms with van der Waals surface area (Å²) >= 11 is 0. The second-order valence-corrected chi connectivity index (χ2v) is 4.48. The molecule has 3 aromatic rings. The van der Waals surface area contributed by atoms with Gasteiger partial charge in [0, 0.05) is 6.07 Å². The zero-order valence-electron chi connectivity index (χ0n) is 10.9. The van der Waals surface area contributed by atoms with Gasteiger partial charge >= 0.3 is 5.69 Å². The van der Waals surface area contributed by atoms with Crippen LogP contribution in [0.15, 0.2) is 36.4 Å². The van der Waals surface area contributed by atoms with Crippen molar-refractivity contribution in [3.8, 4) is 17.1 Å². The number of nitrogens with one attached hydrogen (secondary N) is 1. The van der Waals surface area contributed by atoms with Crippen molar-refractivity contribution in [2.75, 3.05) is 0 Å². The number of fused-ring (bicyclic) bond motifs is 1. The highest BCUT2D eigenvalue weighted by Crippen LogP contribution is 2.39. The monoisotopic (exact) mass is 300 g/mol. The van der Waals surface area contributed by atoms with Gasteiger partial charge in [0.05, 0.1) is 32.5 Å². The van der Waals surface area contributed by atoms with Gasteiger partial charge in [0.1, 0.15) is 5.82 Å². The summed E-state index contributed by atoms with van der Waals surface area (Å²) in [6, 6.07) is 8.71. The minimum atomic E-state index is -0.880. The van der Waals surface area contributed by atoms with Crippen molar-refractivity contribution in [3.05, 3.63) is 56.6 Å². The van der Waals surface area contributed by atoms with Crippen LogP contribution in [0, 0.1) is 20.2 Å². The van der Waals surface area contributed by atoms with E-state index in [1.807, 2.05) is 0 Å². The SMILES string of the molecule is O=[N+]([O-])c1cc(-c2nc3ccccc3[nH]2)c(O)c([N+](=O)[O-])c1. The average Bonchev–Trinajstić information content (AvgIpc) is 2.90. The average molecular weight is 300 g/mol. The third-order valence-electron chi connectivity index (χ3n) is 3.13. The van der Waals surface area contributed by atoms with Crippen LogP contribution in [0.2, 0.25) is 0 Å². The van der Waals surface area contributed by atoms with E-state index >= 15 is 0 Å². The summed E-state index contributed by atoms with van der Waals surface area (Å²) in [5.41, 5.74) is -0.126. The van der Waals surface area contributed by atoms with Crippen molar-refractivity contribution in [1.29, 1.82) is 0 Å². The molecule has 1 heterocycles. The first-order chi connectivity index (χ1) is 10.5. The Bertz CT molecular complexity index is 885. The van der Waals surface area contributed by atoms with Gasteiger partial charge in [0.15, 0.2) is 0 Å². The molecule has 3 rings (SSSR count). The molecule has 0 unspecified atom stereocenters. The van der Waals surface area contributed by atoms with Gasteiger partial charge in [-0.15, -0.1) is 0 Å². The topological polar surface area (TPSA) is 135 Å². The fraction of sp³-hybridized carbons (Fsp3) is 0. The maximum Gasteiger partial charge on any atom is 0.318 e. The van der Waals surface area contributed by atoms with Crippen LogP contribution in [0.1, 0.15) is 0 Å². The lowest BCUT2D eigenvalue weighted by molar-refractivity contribution is -0.394. The fourth-order valence-corrected chi connectivity index (χ4v) is 2.11. The number of nitro benzene ring substituents is 2. The van der Waals surface area contributed by atoms with E-state index in [4.69, 9.17) is 0 Å². The van der Waals surface area contributed by atoms with E-state index in [0.29, 0.717) is 17.1 Å². The largest absolute Gasteiger partial charge is 0.502 e. The molecular weight excluding hydrogens is 292 g/mol. The quantitative estimate of drug-likeness (QED) is 0.564. The van der Waals surface area contributed by atoms with Crippen LogP contribution in [0.25, 0.3) is 22.4 Å². The molecule has 2 aromatic carbocycles. The van der Waals surface area contributed by atoms with Crippen molar-refractivity contribution in [1.82, 2.24) is 9.97 Å². The van der Waals surface area contributed by atoms with Crippen LogP contribution in [0.5, 0.6) is 5.75 Å². The van der Waals surface area contributed by atoms with Gasteiger partial charge in [0.25, 0.3) is 5.69 Å². The number of aromatic hydroxyl groups is 1. The van der Waals surface area contributed by atoms with Crippen molar-refractivity contribution >= 4 is 22.4 Å². The maximum absolute atomic E-state index is 10.9. The minimum Gasteiger partial charge on any atom is -0.502 e. The molecule has 0 aliphatic rings. The van der Waals surface area contributed by atoms with Gasteiger partial charge in [-0.1, -0.05) is 12.1 Å². The van der Waals surface area contributed by atoms with Crippen LogP contribution in [0.3, 0.4) is 0 Å². The molecule has 0 bridgehead atoms. The molecule has 22 heavy (non-hydrogen) atoms. The zero-order chi connectivity index (χ0) is 15.9. The van der Waals surface area contributed by atoms with Crippen LogP contribution in [-0.4, -0.2) is 24.9 Å². The molecule has 0 fully saturated rings. The number of nitrogens with zero attached hydrogens (tertiary/aromatic N) is 3. The number of aromatic amines is 1. The zero-order valence-corrected chi connectivity index (χ0v) is 10.9. The Morgan fingerprint density at radius 1 is 1.09 bits per heavy atom. The highest BCUT2D eigenvalue weighted by atomic mass is 16.6. The number of hydrogen-bond donors (Lipinski definition) is 2.